The summed E-state index contributed by atoms with van der Waals surface area (Å²) in [6, 6.07) is 11.4. The van der Waals surface area contributed by atoms with Crippen LogP contribution >= 0.6 is 0 Å². The fourth-order valence-corrected chi connectivity index (χ4v) is 4.11. The third-order valence-electron chi connectivity index (χ3n) is 5.70. The Balaban J connectivity index is 1.97. The predicted molar refractivity (Wildman–Crippen MR) is 115 cm³/mol. The van der Waals surface area contributed by atoms with Gasteiger partial charge in [-0.15, -0.1) is 0 Å². The van der Waals surface area contributed by atoms with Gasteiger partial charge in [-0.25, -0.2) is 4.39 Å². The van der Waals surface area contributed by atoms with E-state index in [0.717, 1.165) is 18.4 Å². The quantitative estimate of drug-likeness (QED) is 0.706. The highest BCUT2D eigenvalue weighted by atomic mass is 19.1. The van der Waals surface area contributed by atoms with Crippen molar-refractivity contribution in [1.29, 1.82) is 0 Å². The van der Waals surface area contributed by atoms with Gasteiger partial charge >= 0.3 is 0 Å². The molecular formula is C24H29FN2O3. The zero-order valence-electron chi connectivity index (χ0n) is 17.8. The van der Waals surface area contributed by atoms with E-state index in [1.807, 2.05) is 29.2 Å². The number of nitrogens with one attached hydrogen (secondary N) is 1. The van der Waals surface area contributed by atoms with Crippen LogP contribution in [0.4, 0.5) is 10.1 Å². The van der Waals surface area contributed by atoms with Crippen molar-refractivity contribution in [3.63, 3.8) is 0 Å². The number of carbonyl (C=O) groups excluding carboxylic acids is 2. The number of likely N-dealkylation sites (tertiary alicyclic amines) is 1. The molecule has 2 atom stereocenters. The number of benzene rings is 2. The molecule has 1 aliphatic heterocycles. The topological polar surface area (TPSA) is 58.6 Å². The van der Waals surface area contributed by atoms with Crippen molar-refractivity contribution < 1.29 is 18.7 Å². The van der Waals surface area contributed by atoms with Gasteiger partial charge in [-0.2, -0.15) is 0 Å². The van der Waals surface area contributed by atoms with Gasteiger partial charge in [-0.05, 0) is 49.6 Å². The first kappa shape index (κ1) is 21.8. The highest BCUT2D eigenvalue weighted by Gasteiger charge is 2.41. The monoisotopic (exact) mass is 412 g/mol. The summed E-state index contributed by atoms with van der Waals surface area (Å²) in [7, 11) is 1.59. The Kier molecular flexibility index (Phi) is 7.08. The third kappa shape index (κ3) is 4.64. The minimum atomic E-state index is -0.430. The minimum Gasteiger partial charge on any atom is -0.496 e. The summed E-state index contributed by atoms with van der Waals surface area (Å²) in [5, 5.41) is 2.95. The number of ether oxygens (including phenoxy) is 1. The van der Waals surface area contributed by atoms with Crippen LogP contribution in [0.2, 0.25) is 0 Å². The molecule has 0 aromatic heterocycles. The molecule has 3 rings (SSSR count). The number of unbranched alkanes of at least 4 members (excludes halogenated alkanes) is 1. The van der Waals surface area contributed by atoms with Crippen LogP contribution in [0.5, 0.6) is 5.75 Å². The average molecular weight is 413 g/mol. The van der Waals surface area contributed by atoms with E-state index in [1.165, 1.54) is 12.1 Å². The second-order valence-corrected chi connectivity index (χ2v) is 7.72. The van der Waals surface area contributed by atoms with Crippen molar-refractivity contribution >= 4 is 17.5 Å². The SMILES string of the molecule is CCCCN1C(=O)CC[C@H](C(=O)Nc2ccc(F)cc2C)[C@@H]1c1ccccc1OC. The Hall–Kier alpha value is -2.89. The molecule has 0 radical (unpaired) electrons. The van der Waals surface area contributed by atoms with Crippen molar-refractivity contribution in [1.82, 2.24) is 4.90 Å². The van der Waals surface area contributed by atoms with Gasteiger partial charge in [0, 0.05) is 24.2 Å². The molecule has 0 unspecified atom stereocenters. The van der Waals surface area contributed by atoms with Gasteiger partial charge in [0.2, 0.25) is 11.8 Å². The molecule has 1 aliphatic rings. The summed E-state index contributed by atoms with van der Waals surface area (Å²) >= 11 is 0. The maximum absolute atomic E-state index is 13.4. The number of rotatable bonds is 7. The van der Waals surface area contributed by atoms with Gasteiger partial charge in [0.05, 0.1) is 19.1 Å². The van der Waals surface area contributed by atoms with E-state index in [2.05, 4.69) is 12.2 Å². The van der Waals surface area contributed by atoms with Crippen LogP contribution < -0.4 is 10.1 Å². The van der Waals surface area contributed by atoms with Crippen molar-refractivity contribution in [2.24, 2.45) is 5.92 Å². The molecule has 2 amide bonds. The lowest BCUT2D eigenvalue weighted by Gasteiger charge is -2.41. The van der Waals surface area contributed by atoms with E-state index in [9.17, 15) is 14.0 Å². The van der Waals surface area contributed by atoms with Crippen LogP contribution in [0, 0.1) is 18.7 Å². The van der Waals surface area contributed by atoms with Gasteiger partial charge in [-0.3, -0.25) is 9.59 Å². The standard InChI is InChI=1S/C24H29FN2O3/c1-4-5-14-27-22(28)13-11-19(23(27)18-8-6-7-9-21(18)30-3)24(29)26-20-12-10-17(25)15-16(20)2/h6-10,12,15,19,23H,4-5,11,13-14H2,1-3H3,(H,26,29)/t19-,23-/m0/s1. The van der Waals surface area contributed by atoms with Crippen LogP contribution in [0.25, 0.3) is 0 Å². The van der Waals surface area contributed by atoms with Gasteiger partial charge in [0.1, 0.15) is 11.6 Å². The van der Waals surface area contributed by atoms with E-state index in [0.29, 0.717) is 36.4 Å². The molecular weight excluding hydrogens is 383 g/mol. The molecule has 0 saturated carbocycles. The fraction of sp³-hybridized carbons (Fsp3) is 0.417. The number of methoxy groups -OCH3 is 1. The number of para-hydroxylation sites is 1. The van der Waals surface area contributed by atoms with E-state index < -0.39 is 12.0 Å². The zero-order chi connectivity index (χ0) is 21.7. The van der Waals surface area contributed by atoms with Gasteiger partial charge in [0.25, 0.3) is 0 Å². The molecule has 0 spiro atoms. The van der Waals surface area contributed by atoms with Crippen LogP contribution in [-0.2, 0) is 9.59 Å². The summed E-state index contributed by atoms with van der Waals surface area (Å²) in [5.41, 5.74) is 2.07. The molecule has 2 aromatic carbocycles. The number of aryl methyl sites for hydroxylation is 1. The smallest absolute Gasteiger partial charge is 0.229 e. The lowest BCUT2D eigenvalue weighted by Crippen LogP contribution is -2.47. The molecule has 2 aromatic rings. The molecule has 1 fully saturated rings. The lowest BCUT2D eigenvalue weighted by atomic mass is 9.83. The first-order chi connectivity index (χ1) is 14.5. The average Bonchev–Trinajstić information content (AvgIpc) is 2.74. The Morgan fingerprint density at radius 3 is 2.73 bits per heavy atom. The van der Waals surface area contributed by atoms with Crippen LogP contribution in [0.1, 0.15) is 49.8 Å². The highest BCUT2D eigenvalue weighted by Crippen LogP contribution is 2.41. The predicted octanol–water partition coefficient (Wildman–Crippen LogP) is 4.86. The van der Waals surface area contributed by atoms with Crippen molar-refractivity contribution in [3.8, 4) is 5.75 Å². The van der Waals surface area contributed by atoms with Crippen LogP contribution in [0.3, 0.4) is 0 Å². The van der Waals surface area contributed by atoms with Crippen LogP contribution in [-0.4, -0.2) is 30.4 Å². The summed E-state index contributed by atoms with van der Waals surface area (Å²) in [6.07, 6.45) is 2.60. The zero-order valence-corrected chi connectivity index (χ0v) is 17.8. The van der Waals surface area contributed by atoms with Crippen molar-refractivity contribution in [2.75, 3.05) is 19.0 Å². The van der Waals surface area contributed by atoms with Crippen molar-refractivity contribution in [2.45, 2.75) is 45.6 Å². The number of hydrogen-bond acceptors (Lipinski definition) is 3. The normalized spacial score (nSPS) is 18.9. The number of amides is 2. The first-order valence-corrected chi connectivity index (χ1v) is 10.5. The highest BCUT2D eigenvalue weighted by molar-refractivity contribution is 5.95. The molecule has 30 heavy (non-hydrogen) atoms. The molecule has 5 nitrogen and oxygen atoms in total. The molecule has 0 bridgehead atoms. The number of piperidine rings is 1. The summed E-state index contributed by atoms with van der Waals surface area (Å²) in [5.74, 6) is -0.225. The summed E-state index contributed by atoms with van der Waals surface area (Å²) in [6.45, 7) is 4.43. The Morgan fingerprint density at radius 1 is 1.27 bits per heavy atom. The maximum Gasteiger partial charge on any atom is 0.229 e. The Morgan fingerprint density at radius 2 is 2.03 bits per heavy atom. The van der Waals surface area contributed by atoms with E-state index >= 15 is 0 Å². The maximum atomic E-state index is 13.4. The molecule has 6 heteroatoms. The third-order valence-corrected chi connectivity index (χ3v) is 5.70. The molecule has 0 aliphatic carbocycles. The first-order valence-electron chi connectivity index (χ1n) is 10.5. The number of halogens is 1. The van der Waals surface area contributed by atoms with E-state index in [4.69, 9.17) is 4.74 Å². The largest absolute Gasteiger partial charge is 0.496 e. The molecule has 1 heterocycles. The van der Waals surface area contributed by atoms with Crippen LogP contribution in [0.15, 0.2) is 42.5 Å². The Labute approximate surface area is 177 Å². The van der Waals surface area contributed by atoms with Gasteiger partial charge in [-0.1, -0.05) is 31.5 Å². The van der Waals surface area contributed by atoms with E-state index in [-0.39, 0.29) is 17.6 Å². The number of carbonyl (C=O) groups is 2. The Bertz CT molecular complexity index is 915. The van der Waals surface area contributed by atoms with Crippen molar-refractivity contribution in [3.05, 3.63) is 59.4 Å². The molecule has 160 valence electrons. The second kappa shape index (κ2) is 9.74. The summed E-state index contributed by atoms with van der Waals surface area (Å²) in [4.78, 5) is 28.0. The van der Waals surface area contributed by atoms with Gasteiger partial charge in [0.15, 0.2) is 0 Å². The number of hydrogen-bond donors (Lipinski definition) is 1. The second-order valence-electron chi connectivity index (χ2n) is 7.72. The van der Waals surface area contributed by atoms with Gasteiger partial charge < -0.3 is 15.0 Å². The fourth-order valence-electron chi connectivity index (χ4n) is 4.11. The minimum absolute atomic E-state index is 0.0568. The van der Waals surface area contributed by atoms with E-state index in [1.54, 1.807) is 20.1 Å². The summed E-state index contributed by atoms with van der Waals surface area (Å²) < 4.78 is 19.0. The lowest BCUT2D eigenvalue weighted by molar-refractivity contribution is -0.142. The number of nitrogens with zero attached hydrogens (tertiary/aromatic N) is 1. The molecule has 1 N–H and O–H groups in total. The number of anilines is 1. The molecule has 1 saturated heterocycles.